The van der Waals surface area contributed by atoms with Crippen LogP contribution in [0.2, 0.25) is 0 Å². The van der Waals surface area contributed by atoms with Gasteiger partial charge in [-0.1, -0.05) is 24.3 Å². The Hall–Kier alpha value is -2.66. The monoisotopic (exact) mass is 310 g/mol. The fourth-order valence-electron chi connectivity index (χ4n) is 2.11. The maximum Gasteiger partial charge on any atom is 0.336 e. The van der Waals surface area contributed by atoms with E-state index in [0.717, 1.165) is 16.6 Å². The van der Waals surface area contributed by atoms with Gasteiger partial charge in [-0.3, -0.25) is 0 Å². The molecule has 0 saturated carbocycles. The first-order valence-corrected chi connectivity index (χ1v) is 7.24. The molecule has 1 aromatic heterocycles. The molecular formula is C17H14N2O2S. The first-order valence-electron chi connectivity index (χ1n) is 6.83. The summed E-state index contributed by atoms with van der Waals surface area (Å²) in [5.41, 5.74) is 2.24. The second kappa shape index (κ2) is 6.41. The molecule has 2 N–H and O–H groups in total. The molecule has 110 valence electrons. The number of thiocarbonyl (C=S) groups is 1. The molecule has 3 rings (SSSR count). The van der Waals surface area contributed by atoms with Crippen molar-refractivity contribution in [1.82, 2.24) is 5.32 Å². The first kappa shape index (κ1) is 14.3. The molecule has 0 spiro atoms. The minimum atomic E-state index is -0.341. The molecule has 0 radical (unpaired) electrons. The Morgan fingerprint density at radius 1 is 1.05 bits per heavy atom. The van der Waals surface area contributed by atoms with Crippen LogP contribution in [-0.2, 0) is 6.54 Å². The Morgan fingerprint density at radius 3 is 2.68 bits per heavy atom. The molecule has 0 saturated heterocycles. The van der Waals surface area contributed by atoms with Gasteiger partial charge in [0.2, 0.25) is 0 Å². The van der Waals surface area contributed by atoms with Crippen LogP contribution < -0.4 is 16.3 Å². The number of fused-ring (bicyclic) bond motifs is 1. The molecule has 0 unspecified atom stereocenters. The lowest BCUT2D eigenvalue weighted by molar-refractivity contribution is 0.561. The van der Waals surface area contributed by atoms with E-state index in [-0.39, 0.29) is 5.63 Å². The van der Waals surface area contributed by atoms with Gasteiger partial charge in [0, 0.05) is 23.7 Å². The summed E-state index contributed by atoms with van der Waals surface area (Å²) in [6, 6.07) is 18.6. The number of rotatable bonds is 3. The van der Waals surface area contributed by atoms with Crippen LogP contribution in [0.1, 0.15) is 5.56 Å². The van der Waals surface area contributed by atoms with Crippen molar-refractivity contribution in [2.45, 2.75) is 6.54 Å². The van der Waals surface area contributed by atoms with Crippen LogP contribution in [0, 0.1) is 0 Å². The van der Waals surface area contributed by atoms with Crippen LogP contribution in [-0.4, -0.2) is 5.11 Å². The highest BCUT2D eigenvalue weighted by molar-refractivity contribution is 7.80. The minimum absolute atomic E-state index is 0.341. The minimum Gasteiger partial charge on any atom is -0.423 e. The van der Waals surface area contributed by atoms with E-state index in [1.807, 2.05) is 42.5 Å². The molecule has 22 heavy (non-hydrogen) atoms. The average Bonchev–Trinajstić information content (AvgIpc) is 2.54. The van der Waals surface area contributed by atoms with Crippen molar-refractivity contribution in [1.29, 1.82) is 0 Å². The Bertz CT molecular complexity index is 859. The highest BCUT2D eigenvalue weighted by Crippen LogP contribution is 2.14. The fraction of sp³-hybridized carbons (Fsp3) is 0.0588. The molecule has 5 heteroatoms. The topological polar surface area (TPSA) is 54.3 Å². The zero-order valence-corrected chi connectivity index (χ0v) is 12.5. The molecular weight excluding hydrogens is 296 g/mol. The van der Waals surface area contributed by atoms with Gasteiger partial charge in [0.05, 0.1) is 0 Å². The van der Waals surface area contributed by atoms with Crippen LogP contribution in [0.5, 0.6) is 0 Å². The van der Waals surface area contributed by atoms with Crippen LogP contribution in [0.3, 0.4) is 0 Å². The highest BCUT2D eigenvalue weighted by atomic mass is 32.1. The molecule has 0 fully saturated rings. The predicted octanol–water partition coefficient (Wildman–Crippen LogP) is 3.28. The summed E-state index contributed by atoms with van der Waals surface area (Å²) in [7, 11) is 0. The van der Waals surface area contributed by atoms with E-state index in [4.69, 9.17) is 16.6 Å². The van der Waals surface area contributed by atoms with Gasteiger partial charge in [-0.25, -0.2) is 4.79 Å². The Labute approximate surface area is 132 Å². The van der Waals surface area contributed by atoms with Crippen molar-refractivity contribution in [2.75, 3.05) is 5.32 Å². The van der Waals surface area contributed by atoms with Gasteiger partial charge in [-0.15, -0.1) is 0 Å². The number of benzene rings is 2. The largest absolute Gasteiger partial charge is 0.423 e. The summed E-state index contributed by atoms with van der Waals surface area (Å²) in [6.45, 7) is 0.591. The Kier molecular flexibility index (Phi) is 4.16. The molecule has 0 amide bonds. The number of hydrogen-bond acceptors (Lipinski definition) is 3. The summed E-state index contributed by atoms with van der Waals surface area (Å²) in [5, 5.41) is 7.72. The van der Waals surface area contributed by atoms with E-state index in [0.29, 0.717) is 17.2 Å². The van der Waals surface area contributed by atoms with Crippen molar-refractivity contribution < 1.29 is 4.42 Å². The number of hydrogen-bond donors (Lipinski definition) is 2. The Morgan fingerprint density at radius 2 is 1.86 bits per heavy atom. The second-order valence-corrected chi connectivity index (χ2v) is 5.21. The van der Waals surface area contributed by atoms with Gasteiger partial charge < -0.3 is 15.1 Å². The summed E-state index contributed by atoms with van der Waals surface area (Å²) < 4.78 is 5.11. The molecule has 0 aliphatic heterocycles. The van der Waals surface area contributed by atoms with Crippen molar-refractivity contribution in [3.8, 4) is 0 Å². The molecule has 2 aromatic carbocycles. The van der Waals surface area contributed by atoms with Gasteiger partial charge in [0.1, 0.15) is 5.58 Å². The fourth-order valence-corrected chi connectivity index (χ4v) is 2.30. The molecule has 0 aliphatic carbocycles. The van der Waals surface area contributed by atoms with Crippen LogP contribution in [0.4, 0.5) is 5.69 Å². The molecule has 0 bridgehead atoms. The zero-order valence-electron chi connectivity index (χ0n) is 11.7. The molecule has 0 aliphatic rings. The van der Waals surface area contributed by atoms with Gasteiger partial charge in [0.25, 0.3) is 0 Å². The van der Waals surface area contributed by atoms with Crippen LogP contribution in [0.25, 0.3) is 11.0 Å². The van der Waals surface area contributed by atoms with E-state index in [1.165, 1.54) is 6.07 Å². The summed E-state index contributed by atoms with van der Waals surface area (Å²) in [6.07, 6.45) is 0. The van der Waals surface area contributed by atoms with E-state index in [1.54, 1.807) is 12.1 Å². The number of anilines is 1. The quantitative estimate of drug-likeness (QED) is 0.574. The van der Waals surface area contributed by atoms with Crippen molar-refractivity contribution in [3.63, 3.8) is 0 Å². The Balaban J connectivity index is 1.65. The van der Waals surface area contributed by atoms with Gasteiger partial charge in [0.15, 0.2) is 5.11 Å². The van der Waals surface area contributed by atoms with Crippen molar-refractivity contribution >= 4 is 34.0 Å². The second-order valence-electron chi connectivity index (χ2n) is 4.80. The number of nitrogens with one attached hydrogen (secondary N) is 2. The standard InChI is InChI=1S/C17H14N2O2S/c20-16-9-7-13-10-12(6-8-15(13)21-16)11-18-17(22)19-14-4-2-1-3-5-14/h1-10H,11H2,(H2,18,19,22). The molecule has 4 nitrogen and oxygen atoms in total. The third-order valence-electron chi connectivity index (χ3n) is 3.17. The zero-order chi connectivity index (χ0) is 15.4. The predicted molar refractivity (Wildman–Crippen MR) is 92.0 cm³/mol. The average molecular weight is 310 g/mol. The van der Waals surface area contributed by atoms with Gasteiger partial charge in [-0.05, 0) is 48.1 Å². The van der Waals surface area contributed by atoms with E-state index in [2.05, 4.69) is 10.6 Å². The summed E-state index contributed by atoms with van der Waals surface area (Å²) >= 11 is 5.27. The molecule has 0 atom stereocenters. The third-order valence-corrected chi connectivity index (χ3v) is 3.41. The maximum atomic E-state index is 11.2. The molecule has 3 aromatic rings. The SMILES string of the molecule is O=c1ccc2cc(CNC(=S)Nc3ccccc3)ccc2o1. The van der Waals surface area contributed by atoms with Crippen molar-refractivity contribution in [3.05, 3.63) is 76.6 Å². The lowest BCUT2D eigenvalue weighted by Gasteiger charge is -2.10. The summed E-state index contributed by atoms with van der Waals surface area (Å²) in [4.78, 5) is 11.2. The third kappa shape index (κ3) is 3.51. The van der Waals surface area contributed by atoms with Crippen molar-refractivity contribution in [2.24, 2.45) is 0 Å². The lowest BCUT2D eigenvalue weighted by atomic mass is 10.1. The van der Waals surface area contributed by atoms with E-state index >= 15 is 0 Å². The summed E-state index contributed by atoms with van der Waals surface area (Å²) in [5.74, 6) is 0. The van der Waals surface area contributed by atoms with Gasteiger partial charge >= 0.3 is 5.63 Å². The first-order chi connectivity index (χ1) is 10.7. The smallest absolute Gasteiger partial charge is 0.336 e. The number of para-hydroxylation sites is 1. The van der Waals surface area contributed by atoms with E-state index < -0.39 is 0 Å². The highest BCUT2D eigenvalue weighted by Gasteiger charge is 2.01. The lowest BCUT2D eigenvalue weighted by Crippen LogP contribution is -2.27. The van der Waals surface area contributed by atoms with Gasteiger partial charge in [-0.2, -0.15) is 0 Å². The van der Waals surface area contributed by atoms with Crippen LogP contribution >= 0.6 is 12.2 Å². The molecule has 1 heterocycles. The van der Waals surface area contributed by atoms with Crippen LogP contribution in [0.15, 0.2) is 69.9 Å². The van der Waals surface area contributed by atoms with E-state index in [9.17, 15) is 4.79 Å². The normalized spacial score (nSPS) is 10.4. The maximum absolute atomic E-state index is 11.2.